The van der Waals surface area contributed by atoms with Crippen molar-refractivity contribution in [3.8, 4) is 0 Å². The van der Waals surface area contributed by atoms with E-state index in [1.165, 1.54) is 6.07 Å². The molecule has 1 N–H and O–H groups in total. The lowest BCUT2D eigenvalue weighted by Gasteiger charge is -2.24. The SMILES string of the molecule is CCCNC(C)C(C)c1ccccc1C(F)(F)F. The number of hydrogen-bond acceptors (Lipinski definition) is 1. The number of hydrogen-bond donors (Lipinski definition) is 1. The number of rotatable bonds is 5. The second-order valence-corrected chi connectivity index (χ2v) is 4.62. The molecule has 0 aliphatic rings. The minimum absolute atomic E-state index is 0.0217. The van der Waals surface area contributed by atoms with Crippen molar-refractivity contribution in [1.29, 1.82) is 0 Å². The molecule has 0 saturated heterocycles. The van der Waals surface area contributed by atoms with E-state index in [1.54, 1.807) is 12.1 Å². The first-order chi connectivity index (χ1) is 8.38. The van der Waals surface area contributed by atoms with Crippen molar-refractivity contribution in [3.63, 3.8) is 0 Å². The van der Waals surface area contributed by atoms with Gasteiger partial charge in [0.05, 0.1) is 5.56 Å². The molecule has 18 heavy (non-hydrogen) atoms. The largest absolute Gasteiger partial charge is 0.416 e. The van der Waals surface area contributed by atoms with Gasteiger partial charge < -0.3 is 5.32 Å². The van der Waals surface area contributed by atoms with E-state index in [-0.39, 0.29) is 12.0 Å². The Kier molecular flexibility index (Phi) is 5.20. The van der Waals surface area contributed by atoms with Gasteiger partial charge in [0.25, 0.3) is 0 Å². The molecule has 0 heterocycles. The average molecular weight is 259 g/mol. The minimum Gasteiger partial charge on any atom is -0.314 e. The van der Waals surface area contributed by atoms with Crippen LogP contribution in [0.25, 0.3) is 0 Å². The molecule has 0 aliphatic carbocycles. The number of alkyl halides is 3. The first-order valence-electron chi connectivity index (χ1n) is 6.27. The van der Waals surface area contributed by atoms with Crippen LogP contribution < -0.4 is 5.32 Å². The lowest BCUT2D eigenvalue weighted by molar-refractivity contribution is -0.138. The molecule has 2 unspecified atom stereocenters. The van der Waals surface area contributed by atoms with Crippen molar-refractivity contribution >= 4 is 0 Å². The fraction of sp³-hybridized carbons (Fsp3) is 0.571. The third-order valence-electron chi connectivity index (χ3n) is 3.22. The van der Waals surface area contributed by atoms with Gasteiger partial charge in [0.15, 0.2) is 0 Å². The molecule has 0 spiro atoms. The molecule has 0 aromatic heterocycles. The fourth-order valence-corrected chi connectivity index (χ4v) is 1.97. The van der Waals surface area contributed by atoms with Crippen molar-refractivity contribution in [3.05, 3.63) is 35.4 Å². The van der Waals surface area contributed by atoms with Crippen LogP contribution in [0.15, 0.2) is 24.3 Å². The van der Waals surface area contributed by atoms with Gasteiger partial charge in [-0.05, 0) is 37.4 Å². The Hall–Kier alpha value is -1.03. The topological polar surface area (TPSA) is 12.0 Å². The van der Waals surface area contributed by atoms with E-state index in [9.17, 15) is 13.2 Å². The Morgan fingerprint density at radius 1 is 1.17 bits per heavy atom. The Morgan fingerprint density at radius 3 is 2.33 bits per heavy atom. The maximum absolute atomic E-state index is 12.9. The summed E-state index contributed by atoms with van der Waals surface area (Å²) in [6, 6.07) is 5.83. The summed E-state index contributed by atoms with van der Waals surface area (Å²) >= 11 is 0. The van der Waals surface area contributed by atoms with E-state index < -0.39 is 11.7 Å². The van der Waals surface area contributed by atoms with Crippen molar-refractivity contribution < 1.29 is 13.2 Å². The highest BCUT2D eigenvalue weighted by Gasteiger charge is 2.34. The predicted molar refractivity (Wildman–Crippen MR) is 67.6 cm³/mol. The van der Waals surface area contributed by atoms with Gasteiger partial charge in [0.1, 0.15) is 0 Å². The first kappa shape index (κ1) is 15.0. The number of benzene rings is 1. The lowest BCUT2D eigenvalue weighted by atomic mass is 9.90. The molecule has 1 aromatic carbocycles. The zero-order valence-corrected chi connectivity index (χ0v) is 11.0. The molecule has 1 rings (SSSR count). The van der Waals surface area contributed by atoms with Crippen LogP contribution in [-0.2, 0) is 6.18 Å². The van der Waals surface area contributed by atoms with Gasteiger partial charge >= 0.3 is 6.18 Å². The van der Waals surface area contributed by atoms with E-state index in [0.29, 0.717) is 5.56 Å². The Labute approximate surface area is 106 Å². The summed E-state index contributed by atoms with van der Waals surface area (Å²) < 4.78 is 38.7. The van der Waals surface area contributed by atoms with Crippen molar-refractivity contribution in [2.75, 3.05) is 6.54 Å². The van der Waals surface area contributed by atoms with Crippen LogP contribution in [0.5, 0.6) is 0 Å². The number of halogens is 3. The van der Waals surface area contributed by atoms with Crippen molar-refractivity contribution in [2.45, 2.75) is 45.3 Å². The zero-order chi connectivity index (χ0) is 13.8. The van der Waals surface area contributed by atoms with Crippen molar-refractivity contribution in [1.82, 2.24) is 5.32 Å². The summed E-state index contributed by atoms with van der Waals surface area (Å²) in [5.41, 5.74) is -0.163. The molecule has 0 amide bonds. The third-order valence-corrected chi connectivity index (χ3v) is 3.22. The molecular formula is C14H20F3N. The van der Waals surface area contributed by atoms with Crippen LogP contribution in [0.3, 0.4) is 0 Å². The molecule has 0 aliphatic heterocycles. The molecule has 0 radical (unpaired) electrons. The minimum atomic E-state index is -4.28. The van der Waals surface area contributed by atoms with Crippen LogP contribution in [0.2, 0.25) is 0 Å². The van der Waals surface area contributed by atoms with Gasteiger partial charge in [-0.1, -0.05) is 32.0 Å². The average Bonchev–Trinajstić information content (AvgIpc) is 2.34. The quantitative estimate of drug-likeness (QED) is 0.835. The number of nitrogens with one attached hydrogen (secondary N) is 1. The molecule has 1 aromatic rings. The van der Waals surface area contributed by atoms with Crippen LogP contribution in [0.4, 0.5) is 13.2 Å². The second-order valence-electron chi connectivity index (χ2n) is 4.62. The van der Waals surface area contributed by atoms with E-state index in [4.69, 9.17) is 0 Å². The van der Waals surface area contributed by atoms with Crippen LogP contribution in [0, 0.1) is 0 Å². The van der Waals surface area contributed by atoms with E-state index in [2.05, 4.69) is 5.32 Å². The van der Waals surface area contributed by atoms with Crippen molar-refractivity contribution in [2.24, 2.45) is 0 Å². The fourth-order valence-electron chi connectivity index (χ4n) is 1.97. The molecule has 102 valence electrons. The Balaban J connectivity index is 2.95. The standard InChI is InChI=1S/C14H20F3N/c1-4-9-18-11(3)10(2)12-7-5-6-8-13(12)14(15,16)17/h5-8,10-11,18H,4,9H2,1-3H3. The third kappa shape index (κ3) is 3.73. The molecular weight excluding hydrogens is 239 g/mol. The highest BCUT2D eigenvalue weighted by molar-refractivity contribution is 5.33. The smallest absolute Gasteiger partial charge is 0.314 e. The van der Waals surface area contributed by atoms with Crippen LogP contribution >= 0.6 is 0 Å². The highest BCUT2D eigenvalue weighted by Crippen LogP contribution is 2.35. The molecule has 4 heteroatoms. The van der Waals surface area contributed by atoms with E-state index in [0.717, 1.165) is 19.0 Å². The molecule has 2 atom stereocenters. The summed E-state index contributed by atoms with van der Waals surface area (Å²) in [4.78, 5) is 0. The summed E-state index contributed by atoms with van der Waals surface area (Å²) in [6.45, 7) is 6.61. The molecule has 0 saturated carbocycles. The summed E-state index contributed by atoms with van der Waals surface area (Å²) in [7, 11) is 0. The van der Waals surface area contributed by atoms with Gasteiger partial charge in [0.2, 0.25) is 0 Å². The second kappa shape index (κ2) is 6.23. The van der Waals surface area contributed by atoms with Gasteiger partial charge in [-0.3, -0.25) is 0 Å². The van der Waals surface area contributed by atoms with Gasteiger partial charge in [-0.2, -0.15) is 13.2 Å². The predicted octanol–water partition coefficient (Wildman–Crippen LogP) is 4.20. The summed E-state index contributed by atoms with van der Waals surface area (Å²) in [5.74, 6) is -0.172. The zero-order valence-electron chi connectivity index (χ0n) is 11.0. The Bertz CT molecular complexity index is 374. The summed E-state index contributed by atoms with van der Waals surface area (Å²) in [5, 5.41) is 3.24. The van der Waals surface area contributed by atoms with E-state index >= 15 is 0 Å². The normalized spacial score (nSPS) is 15.4. The van der Waals surface area contributed by atoms with Crippen LogP contribution in [-0.4, -0.2) is 12.6 Å². The van der Waals surface area contributed by atoms with Gasteiger partial charge in [0, 0.05) is 6.04 Å². The van der Waals surface area contributed by atoms with Gasteiger partial charge in [-0.25, -0.2) is 0 Å². The van der Waals surface area contributed by atoms with E-state index in [1.807, 2.05) is 20.8 Å². The highest BCUT2D eigenvalue weighted by atomic mass is 19.4. The maximum Gasteiger partial charge on any atom is 0.416 e. The molecule has 1 nitrogen and oxygen atoms in total. The molecule has 0 bridgehead atoms. The van der Waals surface area contributed by atoms with Gasteiger partial charge in [-0.15, -0.1) is 0 Å². The first-order valence-corrected chi connectivity index (χ1v) is 6.27. The van der Waals surface area contributed by atoms with Crippen LogP contribution in [0.1, 0.15) is 44.2 Å². The monoisotopic (exact) mass is 259 g/mol. The Morgan fingerprint density at radius 2 is 1.78 bits per heavy atom. The summed E-state index contributed by atoms with van der Waals surface area (Å²) in [6.07, 6.45) is -3.31. The molecule has 0 fully saturated rings. The lowest BCUT2D eigenvalue weighted by Crippen LogP contribution is -2.32. The maximum atomic E-state index is 12.9.